The highest BCUT2D eigenvalue weighted by Gasteiger charge is 2.30. The zero-order chi connectivity index (χ0) is 18.9. The Morgan fingerprint density at radius 2 is 2.00 bits per heavy atom. The fourth-order valence-corrected chi connectivity index (χ4v) is 3.94. The number of hydrogen-bond donors (Lipinski definition) is 1. The zero-order valence-electron chi connectivity index (χ0n) is 15.6. The van der Waals surface area contributed by atoms with Crippen molar-refractivity contribution in [3.8, 4) is 11.3 Å². The van der Waals surface area contributed by atoms with E-state index in [0.717, 1.165) is 49.0 Å². The molecule has 0 unspecified atom stereocenters. The van der Waals surface area contributed by atoms with Crippen molar-refractivity contribution in [1.29, 1.82) is 0 Å². The molecule has 2 aliphatic rings. The zero-order valence-corrected chi connectivity index (χ0v) is 15.6. The molecule has 7 heteroatoms. The maximum atomic E-state index is 13.2. The van der Waals surface area contributed by atoms with Crippen LogP contribution in [0.5, 0.6) is 0 Å². The van der Waals surface area contributed by atoms with Gasteiger partial charge in [0.05, 0.1) is 12.9 Å². The molecule has 0 aliphatic carbocycles. The standard InChI is InChI=1S/C21H22N4O3/c26-21(19-18(22-13-23-19)14-4-2-1-3-5-14)25-9-6-17-16(12-25)24-20(28-17)15-7-10-27-11-8-15/h1-5,13,15H,6-12H2,(H,22,23). The van der Waals surface area contributed by atoms with Gasteiger partial charge in [0.1, 0.15) is 22.8 Å². The Morgan fingerprint density at radius 1 is 1.18 bits per heavy atom. The van der Waals surface area contributed by atoms with E-state index < -0.39 is 0 Å². The van der Waals surface area contributed by atoms with Crippen molar-refractivity contribution in [1.82, 2.24) is 19.9 Å². The van der Waals surface area contributed by atoms with Gasteiger partial charge in [-0.2, -0.15) is 0 Å². The molecule has 2 aliphatic heterocycles. The minimum absolute atomic E-state index is 0.0578. The highest BCUT2D eigenvalue weighted by atomic mass is 16.5. The number of oxazole rings is 1. The van der Waals surface area contributed by atoms with Crippen molar-refractivity contribution in [3.05, 3.63) is 59.7 Å². The summed E-state index contributed by atoms with van der Waals surface area (Å²) in [7, 11) is 0. The van der Waals surface area contributed by atoms with Crippen LogP contribution in [0.15, 0.2) is 41.1 Å². The second-order valence-corrected chi connectivity index (χ2v) is 7.28. The molecular weight excluding hydrogens is 356 g/mol. The number of fused-ring (bicyclic) bond motifs is 1. The first kappa shape index (κ1) is 17.2. The lowest BCUT2D eigenvalue weighted by Crippen LogP contribution is -2.36. The van der Waals surface area contributed by atoms with E-state index in [0.29, 0.717) is 36.8 Å². The number of aromatic nitrogens is 3. The summed E-state index contributed by atoms with van der Waals surface area (Å²) >= 11 is 0. The summed E-state index contributed by atoms with van der Waals surface area (Å²) in [5.41, 5.74) is 3.00. The third-order valence-corrected chi connectivity index (χ3v) is 5.50. The fourth-order valence-electron chi connectivity index (χ4n) is 3.94. The quantitative estimate of drug-likeness (QED) is 0.757. The third-order valence-electron chi connectivity index (χ3n) is 5.50. The van der Waals surface area contributed by atoms with Crippen molar-refractivity contribution in [2.45, 2.75) is 31.7 Å². The molecule has 0 atom stereocenters. The van der Waals surface area contributed by atoms with Crippen molar-refractivity contribution in [2.24, 2.45) is 0 Å². The normalized spacial score (nSPS) is 17.5. The lowest BCUT2D eigenvalue weighted by molar-refractivity contribution is 0.0721. The van der Waals surface area contributed by atoms with Gasteiger partial charge in [-0.1, -0.05) is 30.3 Å². The SMILES string of the molecule is O=C(c1[nH]cnc1-c1ccccc1)N1CCc2oc(C3CCOCC3)nc2C1. The summed E-state index contributed by atoms with van der Waals surface area (Å²) in [5.74, 6) is 1.98. The number of H-pyrrole nitrogens is 1. The van der Waals surface area contributed by atoms with Gasteiger partial charge in [-0.25, -0.2) is 9.97 Å². The van der Waals surface area contributed by atoms with Crippen LogP contribution in [0.2, 0.25) is 0 Å². The number of hydrogen-bond acceptors (Lipinski definition) is 5. The maximum Gasteiger partial charge on any atom is 0.272 e. The molecule has 1 aromatic carbocycles. The second-order valence-electron chi connectivity index (χ2n) is 7.28. The molecule has 1 N–H and O–H groups in total. The largest absolute Gasteiger partial charge is 0.445 e. The molecule has 28 heavy (non-hydrogen) atoms. The molecule has 5 rings (SSSR count). The molecule has 7 nitrogen and oxygen atoms in total. The smallest absolute Gasteiger partial charge is 0.272 e. The third kappa shape index (κ3) is 3.11. The topological polar surface area (TPSA) is 84.2 Å². The predicted octanol–water partition coefficient (Wildman–Crippen LogP) is 3.16. The Kier molecular flexibility index (Phi) is 4.44. The predicted molar refractivity (Wildman–Crippen MR) is 102 cm³/mol. The highest BCUT2D eigenvalue weighted by molar-refractivity contribution is 5.98. The van der Waals surface area contributed by atoms with Gasteiger partial charge >= 0.3 is 0 Å². The molecule has 0 saturated carbocycles. The van der Waals surface area contributed by atoms with Crippen LogP contribution in [-0.2, 0) is 17.7 Å². The van der Waals surface area contributed by atoms with E-state index >= 15 is 0 Å². The van der Waals surface area contributed by atoms with Crippen LogP contribution in [0.25, 0.3) is 11.3 Å². The van der Waals surface area contributed by atoms with Crippen LogP contribution in [-0.4, -0.2) is 45.5 Å². The van der Waals surface area contributed by atoms with Gasteiger partial charge in [0, 0.05) is 37.7 Å². The first-order valence-corrected chi connectivity index (χ1v) is 9.74. The van der Waals surface area contributed by atoms with Crippen molar-refractivity contribution in [3.63, 3.8) is 0 Å². The Labute approximate surface area is 162 Å². The lowest BCUT2D eigenvalue weighted by Gasteiger charge is -2.25. The molecule has 3 aromatic rings. The van der Waals surface area contributed by atoms with Crippen LogP contribution in [0, 0.1) is 0 Å². The minimum atomic E-state index is -0.0578. The number of amides is 1. The summed E-state index contributed by atoms with van der Waals surface area (Å²) in [5, 5.41) is 0. The summed E-state index contributed by atoms with van der Waals surface area (Å²) in [6.45, 7) is 2.59. The number of nitrogens with zero attached hydrogens (tertiary/aromatic N) is 3. The van der Waals surface area contributed by atoms with E-state index in [2.05, 4.69) is 9.97 Å². The monoisotopic (exact) mass is 378 g/mol. The molecule has 144 valence electrons. The van der Waals surface area contributed by atoms with E-state index in [1.54, 1.807) is 6.33 Å². The maximum absolute atomic E-state index is 13.2. The second kappa shape index (κ2) is 7.24. The van der Waals surface area contributed by atoms with Crippen LogP contribution in [0.3, 0.4) is 0 Å². The summed E-state index contributed by atoms with van der Waals surface area (Å²) in [6.07, 6.45) is 4.14. The number of carbonyl (C=O) groups excluding carboxylic acids is 1. The van der Waals surface area contributed by atoms with Crippen LogP contribution in [0.4, 0.5) is 0 Å². The number of aromatic amines is 1. The molecule has 0 radical (unpaired) electrons. The molecular formula is C21H22N4O3. The van der Waals surface area contributed by atoms with E-state index in [9.17, 15) is 4.79 Å². The number of nitrogens with one attached hydrogen (secondary N) is 1. The molecule has 0 bridgehead atoms. The Balaban J connectivity index is 1.36. The van der Waals surface area contributed by atoms with Crippen LogP contribution < -0.4 is 0 Å². The van der Waals surface area contributed by atoms with Gasteiger partial charge in [-0.15, -0.1) is 0 Å². The molecule has 1 fully saturated rings. The average molecular weight is 378 g/mol. The minimum Gasteiger partial charge on any atom is -0.445 e. The van der Waals surface area contributed by atoms with Gasteiger partial charge < -0.3 is 19.0 Å². The van der Waals surface area contributed by atoms with Gasteiger partial charge in [0.2, 0.25) is 0 Å². The van der Waals surface area contributed by atoms with E-state index in [1.807, 2.05) is 35.2 Å². The number of carbonyl (C=O) groups is 1. The Morgan fingerprint density at radius 3 is 2.82 bits per heavy atom. The Bertz CT molecular complexity index is 973. The van der Waals surface area contributed by atoms with E-state index in [4.69, 9.17) is 14.1 Å². The van der Waals surface area contributed by atoms with E-state index in [1.165, 1.54) is 0 Å². The first-order valence-electron chi connectivity index (χ1n) is 9.74. The van der Waals surface area contributed by atoms with Crippen LogP contribution >= 0.6 is 0 Å². The van der Waals surface area contributed by atoms with E-state index in [-0.39, 0.29) is 5.91 Å². The number of imidazole rings is 1. The van der Waals surface area contributed by atoms with Gasteiger partial charge in [0.15, 0.2) is 5.89 Å². The van der Waals surface area contributed by atoms with Gasteiger partial charge in [0.25, 0.3) is 5.91 Å². The summed E-state index contributed by atoms with van der Waals surface area (Å²) in [4.78, 5) is 27.1. The molecule has 0 spiro atoms. The number of benzene rings is 1. The average Bonchev–Trinajstić information content (AvgIpc) is 3.41. The van der Waals surface area contributed by atoms with Crippen LogP contribution in [0.1, 0.15) is 46.6 Å². The fraction of sp³-hybridized carbons (Fsp3) is 0.381. The number of rotatable bonds is 3. The lowest BCUT2D eigenvalue weighted by atomic mass is 10.0. The van der Waals surface area contributed by atoms with Crippen molar-refractivity contribution in [2.75, 3.05) is 19.8 Å². The summed E-state index contributed by atoms with van der Waals surface area (Å²) in [6, 6.07) is 9.75. The van der Waals surface area contributed by atoms with Gasteiger partial charge in [-0.05, 0) is 12.8 Å². The van der Waals surface area contributed by atoms with Crippen molar-refractivity contribution < 1.29 is 13.9 Å². The van der Waals surface area contributed by atoms with Gasteiger partial charge in [-0.3, -0.25) is 4.79 Å². The number of ether oxygens (including phenoxy) is 1. The molecule has 2 aromatic heterocycles. The summed E-state index contributed by atoms with van der Waals surface area (Å²) < 4.78 is 11.5. The Hall–Kier alpha value is -2.93. The molecule has 4 heterocycles. The van der Waals surface area contributed by atoms with Crippen molar-refractivity contribution >= 4 is 5.91 Å². The molecule has 1 saturated heterocycles. The highest BCUT2D eigenvalue weighted by Crippen LogP contribution is 2.31. The molecule has 1 amide bonds. The first-order chi connectivity index (χ1) is 13.8.